The molecule has 0 amide bonds. The highest BCUT2D eigenvalue weighted by Crippen LogP contribution is 2.18. The van der Waals surface area contributed by atoms with Crippen molar-refractivity contribution in [1.82, 2.24) is 14.9 Å². The molecule has 1 aromatic heterocycles. The summed E-state index contributed by atoms with van der Waals surface area (Å²) < 4.78 is 2.38. The Labute approximate surface area is 94.2 Å². The smallest absolute Gasteiger partial charge is 0.241 e. The van der Waals surface area contributed by atoms with Crippen molar-refractivity contribution in [3.63, 3.8) is 0 Å². The first-order valence-electron chi connectivity index (χ1n) is 3.90. The number of aromatic nitrogens is 3. The van der Waals surface area contributed by atoms with Crippen molar-refractivity contribution in [2.75, 3.05) is 11.6 Å². The Balaban J connectivity index is 2.55. The molecule has 0 spiro atoms. The number of nitrogen functional groups attached to an aromatic ring is 2. The van der Waals surface area contributed by atoms with Gasteiger partial charge in [0.05, 0.1) is 0 Å². The Hall–Kier alpha value is -1.31. The van der Waals surface area contributed by atoms with Gasteiger partial charge in [-0.2, -0.15) is 0 Å². The largest absolute Gasteiger partial charge is 0.366 e. The summed E-state index contributed by atoms with van der Waals surface area (Å²) in [7, 11) is 0. The minimum absolute atomic E-state index is 0.207. The van der Waals surface area contributed by atoms with Crippen LogP contribution in [0.25, 0.3) is 11.4 Å². The quantitative estimate of drug-likeness (QED) is 0.604. The molecule has 0 saturated carbocycles. The molecule has 0 unspecified atom stereocenters. The van der Waals surface area contributed by atoms with Gasteiger partial charge in [0, 0.05) is 9.13 Å². The maximum atomic E-state index is 5.65. The van der Waals surface area contributed by atoms with Crippen LogP contribution < -0.4 is 11.6 Å². The second-order valence-corrected chi connectivity index (χ2v) is 4.01. The number of benzene rings is 1. The Bertz CT molecular complexity index is 465. The molecule has 5 nitrogen and oxygen atoms in total. The predicted molar refractivity (Wildman–Crippen MR) is 62.7 cm³/mol. The Morgan fingerprint density at radius 2 is 2.07 bits per heavy atom. The van der Waals surface area contributed by atoms with Crippen molar-refractivity contribution < 1.29 is 0 Å². The van der Waals surface area contributed by atoms with Crippen LogP contribution in [0.3, 0.4) is 0 Å². The molecule has 1 aromatic carbocycles. The van der Waals surface area contributed by atoms with Crippen molar-refractivity contribution >= 4 is 28.5 Å². The van der Waals surface area contributed by atoms with E-state index in [0.29, 0.717) is 5.82 Å². The van der Waals surface area contributed by atoms with Gasteiger partial charge in [-0.05, 0) is 34.7 Å². The van der Waals surface area contributed by atoms with Gasteiger partial charge in [-0.25, -0.2) is 4.68 Å². The van der Waals surface area contributed by atoms with E-state index in [-0.39, 0.29) is 5.95 Å². The summed E-state index contributed by atoms with van der Waals surface area (Å²) in [5, 5.41) is 7.57. The second kappa shape index (κ2) is 3.45. The van der Waals surface area contributed by atoms with E-state index in [1.54, 1.807) is 0 Å². The van der Waals surface area contributed by atoms with Gasteiger partial charge in [0.15, 0.2) is 5.82 Å². The first-order chi connectivity index (χ1) is 6.68. The van der Waals surface area contributed by atoms with Gasteiger partial charge in [0.1, 0.15) is 0 Å². The van der Waals surface area contributed by atoms with Gasteiger partial charge in [0.2, 0.25) is 5.95 Å². The van der Waals surface area contributed by atoms with Crippen molar-refractivity contribution in [2.45, 2.75) is 0 Å². The maximum Gasteiger partial charge on any atom is 0.241 e. The molecular formula is C8H8IN5. The summed E-state index contributed by atoms with van der Waals surface area (Å²) in [6, 6.07) is 7.80. The highest BCUT2D eigenvalue weighted by Gasteiger charge is 2.08. The molecule has 0 aliphatic rings. The standard InChI is InChI=1S/C8H8IN5/c9-6-3-1-2-5(4-6)7-12-13-8(10)14(7)11/h1-4H,11H2,(H2,10,13). The second-order valence-electron chi connectivity index (χ2n) is 2.76. The SMILES string of the molecule is Nc1nnc(-c2cccc(I)c2)n1N. The van der Waals surface area contributed by atoms with Crippen LogP contribution in [0.2, 0.25) is 0 Å². The van der Waals surface area contributed by atoms with Gasteiger partial charge < -0.3 is 11.6 Å². The van der Waals surface area contributed by atoms with Crippen LogP contribution in [0.15, 0.2) is 24.3 Å². The molecule has 4 N–H and O–H groups in total. The van der Waals surface area contributed by atoms with Gasteiger partial charge in [-0.1, -0.05) is 12.1 Å². The molecule has 1 heterocycles. The number of halogens is 1. The third-order valence-corrected chi connectivity index (χ3v) is 2.48. The first-order valence-corrected chi connectivity index (χ1v) is 4.98. The lowest BCUT2D eigenvalue weighted by molar-refractivity contribution is 1.02. The minimum atomic E-state index is 0.207. The molecular weight excluding hydrogens is 293 g/mol. The number of hydrogen-bond donors (Lipinski definition) is 2. The summed E-state index contributed by atoms with van der Waals surface area (Å²) in [5.74, 6) is 6.43. The minimum Gasteiger partial charge on any atom is -0.366 e. The van der Waals surface area contributed by atoms with Crippen LogP contribution in [0.4, 0.5) is 5.95 Å². The van der Waals surface area contributed by atoms with Gasteiger partial charge >= 0.3 is 0 Å². The van der Waals surface area contributed by atoms with Crippen molar-refractivity contribution in [1.29, 1.82) is 0 Å². The highest BCUT2D eigenvalue weighted by molar-refractivity contribution is 14.1. The Morgan fingerprint density at radius 3 is 2.64 bits per heavy atom. The van der Waals surface area contributed by atoms with E-state index in [1.165, 1.54) is 4.68 Å². The Kier molecular flexibility index (Phi) is 2.28. The average molecular weight is 301 g/mol. The number of anilines is 1. The lowest BCUT2D eigenvalue weighted by atomic mass is 10.2. The molecule has 72 valence electrons. The van der Waals surface area contributed by atoms with E-state index in [2.05, 4.69) is 32.8 Å². The summed E-state index contributed by atoms with van der Waals surface area (Å²) in [5.41, 5.74) is 6.38. The number of nitrogens with two attached hydrogens (primary N) is 2. The third-order valence-electron chi connectivity index (χ3n) is 1.81. The van der Waals surface area contributed by atoms with E-state index >= 15 is 0 Å². The number of nitrogens with zero attached hydrogens (tertiary/aromatic N) is 3. The van der Waals surface area contributed by atoms with Gasteiger partial charge in [-0.3, -0.25) is 0 Å². The zero-order valence-corrected chi connectivity index (χ0v) is 9.34. The predicted octanol–water partition coefficient (Wildman–Crippen LogP) is 0.846. The molecule has 0 saturated heterocycles. The van der Waals surface area contributed by atoms with Crippen LogP contribution in [-0.2, 0) is 0 Å². The highest BCUT2D eigenvalue weighted by atomic mass is 127. The normalized spacial score (nSPS) is 10.4. The van der Waals surface area contributed by atoms with E-state index in [4.69, 9.17) is 11.6 Å². The molecule has 0 aliphatic heterocycles. The summed E-state index contributed by atoms with van der Waals surface area (Å²) in [6.45, 7) is 0. The fourth-order valence-electron chi connectivity index (χ4n) is 1.13. The molecule has 2 aromatic rings. The number of rotatable bonds is 1. The number of hydrogen-bond acceptors (Lipinski definition) is 4. The topological polar surface area (TPSA) is 82.8 Å². The van der Waals surface area contributed by atoms with Crippen LogP contribution >= 0.6 is 22.6 Å². The average Bonchev–Trinajstić information content (AvgIpc) is 2.48. The van der Waals surface area contributed by atoms with E-state index in [0.717, 1.165) is 9.13 Å². The fraction of sp³-hybridized carbons (Fsp3) is 0. The summed E-state index contributed by atoms with van der Waals surface area (Å²) in [6.07, 6.45) is 0. The lowest BCUT2D eigenvalue weighted by Crippen LogP contribution is -2.13. The van der Waals surface area contributed by atoms with Crippen molar-refractivity contribution in [3.05, 3.63) is 27.8 Å². The molecule has 14 heavy (non-hydrogen) atoms. The third kappa shape index (κ3) is 1.52. The molecule has 2 rings (SSSR count). The van der Waals surface area contributed by atoms with Crippen molar-refractivity contribution in [3.8, 4) is 11.4 Å². The van der Waals surface area contributed by atoms with Crippen LogP contribution in [-0.4, -0.2) is 14.9 Å². The summed E-state index contributed by atoms with van der Waals surface area (Å²) in [4.78, 5) is 0. The van der Waals surface area contributed by atoms with Gasteiger partial charge in [-0.15, -0.1) is 10.2 Å². The zero-order valence-electron chi connectivity index (χ0n) is 7.18. The fourth-order valence-corrected chi connectivity index (χ4v) is 1.67. The molecule has 6 heteroatoms. The Morgan fingerprint density at radius 1 is 1.29 bits per heavy atom. The van der Waals surface area contributed by atoms with E-state index < -0.39 is 0 Å². The van der Waals surface area contributed by atoms with E-state index in [1.807, 2.05) is 24.3 Å². The monoisotopic (exact) mass is 301 g/mol. The van der Waals surface area contributed by atoms with Crippen molar-refractivity contribution in [2.24, 2.45) is 0 Å². The molecule has 0 fully saturated rings. The first kappa shape index (κ1) is 9.25. The van der Waals surface area contributed by atoms with Gasteiger partial charge in [0.25, 0.3) is 0 Å². The summed E-state index contributed by atoms with van der Waals surface area (Å²) >= 11 is 2.22. The zero-order chi connectivity index (χ0) is 10.1. The molecule has 0 aliphatic carbocycles. The van der Waals surface area contributed by atoms with Crippen LogP contribution in [0.5, 0.6) is 0 Å². The van der Waals surface area contributed by atoms with E-state index in [9.17, 15) is 0 Å². The van der Waals surface area contributed by atoms with Crippen LogP contribution in [0.1, 0.15) is 0 Å². The molecule has 0 bridgehead atoms. The molecule has 0 atom stereocenters. The maximum absolute atomic E-state index is 5.65. The molecule has 0 radical (unpaired) electrons. The lowest BCUT2D eigenvalue weighted by Gasteiger charge is -2.01. The van der Waals surface area contributed by atoms with Crippen LogP contribution in [0, 0.1) is 3.57 Å².